The van der Waals surface area contributed by atoms with Crippen LogP contribution in [0.1, 0.15) is 0 Å². The van der Waals surface area contributed by atoms with Crippen molar-refractivity contribution in [2.45, 2.75) is 0 Å². The zero-order valence-electron chi connectivity index (χ0n) is 8.52. The highest BCUT2D eigenvalue weighted by Gasteiger charge is 2.02. The van der Waals surface area contributed by atoms with Gasteiger partial charge in [0.2, 0.25) is 0 Å². The van der Waals surface area contributed by atoms with Gasteiger partial charge in [-0.05, 0) is 24.8 Å². The Morgan fingerprint density at radius 3 is 2.93 bits per heavy atom. The number of benzene rings is 1. The maximum absolute atomic E-state index is 13.0. The summed E-state index contributed by atoms with van der Waals surface area (Å²) in [5.74, 6) is -0.0254. The van der Waals surface area contributed by atoms with E-state index in [-0.39, 0.29) is 5.02 Å². The second-order valence-corrected chi connectivity index (χ2v) is 3.55. The molecule has 0 fully saturated rings. The third kappa shape index (κ3) is 3.90. The monoisotopic (exact) mass is 229 g/mol. The lowest BCUT2D eigenvalue weighted by Gasteiger charge is -2.08. The maximum atomic E-state index is 13.0. The van der Waals surface area contributed by atoms with Gasteiger partial charge in [0, 0.05) is 12.6 Å². The average molecular weight is 230 g/mol. The van der Waals surface area contributed by atoms with Crippen LogP contribution in [0.2, 0.25) is 5.02 Å². The van der Waals surface area contributed by atoms with E-state index in [0.717, 1.165) is 5.57 Å². The van der Waals surface area contributed by atoms with Gasteiger partial charge in [-0.3, -0.25) is 0 Å². The molecule has 1 aromatic carbocycles. The van der Waals surface area contributed by atoms with E-state index in [2.05, 4.69) is 11.9 Å². The Morgan fingerprint density at radius 1 is 1.60 bits per heavy atom. The van der Waals surface area contributed by atoms with Crippen molar-refractivity contribution >= 4 is 11.6 Å². The van der Waals surface area contributed by atoms with Crippen LogP contribution in [0, 0.1) is 5.82 Å². The minimum Gasteiger partial charge on any atom is -0.489 e. The Morgan fingerprint density at radius 2 is 2.33 bits per heavy atom. The molecular formula is C11H13ClFNO. The minimum absolute atomic E-state index is 0.0939. The van der Waals surface area contributed by atoms with E-state index in [1.54, 1.807) is 6.07 Å². The highest BCUT2D eigenvalue weighted by molar-refractivity contribution is 6.30. The molecule has 0 aromatic heterocycles. The van der Waals surface area contributed by atoms with Crippen molar-refractivity contribution in [2.24, 2.45) is 0 Å². The van der Waals surface area contributed by atoms with Crippen molar-refractivity contribution in [3.63, 3.8) is 0 Å². The smallest absolute Gasteiger partial charge is 0.145 e. The molecule has 0 bridgehead atoms. The fourth-order valence-corrected chi connectivity index (χ4v) is 1.17. The summed E-state index contributed by atoms with van der Waals surface area (Å²) >= 11 is 5.53. The molecule has 4 heteroatoms. The predicted octanol–water partition coefficient (Wildman–Crippen LogP) is 2.63. The summed E-state index contributed by atoms with van der Waals surface area (Å²) in [5, 5.41) is 3.04. The average Bonchev–Trinajstić information content (AvgIpc) is 2.20. The molecule has 2 nitrogen and oxygen atoms in total. The van der Waals surface area contributed by atoms with E-state index in [1.165, 1.54) is 12.1 Å². The van der Waals surface area contributed by atoms with Crippen molar-refractivity contribution in [3.05, 3.63) is 41.2 Å². The Hall–Kier alpha value is -1.06. The fourth-order valence-electron chi connectivity index (χ4n) is 1.05. The third-order valence-electron chi connectivity index (χ3n) is 1.76. The number of ether oxygens (including phenoxy) is 1. The van der Waals surface area contributed by atoms with Gasteiger partial charge >= 0.3 is 0 Å². The molecule has 15 heavy (non-hydrogen) atoms. The van der Waals surface area contributed by atoms with E-state index in [4.69, 9.17) is 16.3 Å². The lowest BCUT2D eigenvalue weighted by Crippen LogP contribution is -2.14. The predicted molar refractivity (Wildman–Crippen MR) is 60.0 cm³/mol. The number of halogens is 2. The number of hydrogen-bond acceptors (Lipinski definition) is 2. The van der Waals surface area contributed by atoms with Crippen molar-refractivity contribution in [1.82, 2.24) is 5.32 Å². The van der Waals surface area contributed by atoms with Crippen LogP contribution in [0.5, 0.6) is 5.75 Å². The summed E-state index contributed by atoms with van der Waals surface area (Å²) in [7, 11) is 1.83. The molecule has 0 aliphatic heterocycles. The molecule has 0 radical (unpaired) electrons. The molecule has 1 N–H and O–H groups in total. The zero-order chi connectivity index (χ0) is 11.3. The third-order valence-corrected chi connectivity index (χ3v) is 2.07. The van der Waals surface area contributed by atoms with Crippen LogP contribution in [0.3, 0.4) is 0 Å². The summed E-state index contributed by atoms with van der Waals surface area (Å²) in [6.45, 7) is 4.83. The van der Waals surface area contributed by atoms with E-state index in [1.807, 2.05) is 7.05 Å². The molecule has 0 aliphatic rings. The first-order chi connectivity index (χ1) is 7.13. The number of rotatable bonds is 5. The van der Waals surface area contributed by atoms with Crippen molar-refractivity contribution in [3.8, 4) is 5.75 Å². The molecule has 0 saturated carbocycles. The van der Waals surface area contributed by atoms with Gasteiger partial charge in [-0.25, -0.2) is 4.39 Å². The highest BCUT2D eigenvalue weighted by atomic mass is 35.5. The summed E-state index contributed by atoms with van der Waals surface area (Å²) < 4.78 is 18.3. The van der Waals surface area contributed by atoms with E-state index < -0.39 is 5.82 Å². The summed E-state index contributed by atoms with van der Waals surface area (Å²) in [4.78, 5) is 0. The van der Waals surface area contributed by atoms with Gasteiger partial charge in [-0.15, -0.1) is 0 Å². The zero-order valence-corrected chi connectivity index (χ0v) is 9.27. The van der Waals surface area contributed by atoms with Gasteiger partial charge < -0.3 is 10.1 Å². The first-order valence-electron chi connectivity index (χ1n) is 4.52. The van der Waals surface area contributed by atoms with E-state index in [0.29, 0.717) is 18.9 Å². The Balaban J connectivity index is 2.51. The number of likely N-dealkylation sites (N-methyl/N-ethyl adjacent to an activating group) is 1. The standard InChI is InChI=1S/C11H13ClFNO/c1-8(6-14-2)7-15-9-3-4-10(12)11(13)5-9/h3-5,14H,1,6-7H2,2H3. The van der Waals surface area contributed by atoms with E-state index in [9.17, 15) is 4.39 Å². The highest BCUT2D eigenvalue weighted by Crippen LogP contribution is 2.20. The van der Waals surface area contributed by atoms with E-state index >= 15 is 0 Å². The van der Waals surface area contributed by atoms with Crippen LogP contribution in [-0.4, -0.2) is 20.2 Å². The van der Waals surface area contributed by atoms with Gasteiger partial charge in [0.25, 0.3) is 0 Å². The van der Waals surface area contributed by atoms with Crippen LogP contribution in [0.15, 0.2) is 30.4 Å². The molecule has 82 valence electrons. The van der Waals surface area contributed by atoms with Crippen molar-refractivity contribution < 1.29 is 9.13 Å². The van der Waals surface area contributed by atoms with Crippen LogP contribution in [0.4, 0.5) is 4.39 Å². The molecule has 0 unspecified atom stereocenters. The van der Waals surface area contributed by atoms with Crippen LogP contribution in [0.25, 0.3) is 0 Å². The number of nitrogens with one attached hydrogen (secondary N) is 1. The second-order valence-electron chi connectivity index (χ2n) is 3.14. The summed E-state index contributed by atoms with van der Waals surface area (Å²) in [5.41, 5.74) is 0.896. The first-order valence-corrected chi connectivity index (χ1v) is 4.90. The molecule has 0 amide bonds. The Bertz CT molecular complexity index is 354. The normalized spacial score (nSPS) is 10.1. The SMILES string of the molecule is C=C(CNC)COc1ccc(Cl)c(F)c1. The van der Waals surface area contributed by atoms with Gasteiger partial charge in [0.15, 0.2) is 0 Å². The van der Waals surface area contributed by atoms with Gasteiger partial charge in [-0.1, -0.05) is 18.2 Å². The Labute approximate surface area is 93.7 Å². The van der Waals surface area contributed by atoms with Gasteiger partial charge in [-0.2, -0.15) is 0 Å². The summed E-state index contributed by atoms with van der Waals surface area (Å²) in [6, 6.07) is 4.35. The molecule has 0 aliphatic carbocycles. The minimum atomic E-state index is -0.478. The largest absolute Gasteiger partial charge is 0.489 e. The van der Waals surface area contributed by atoms with Crippen LogP contribution >= 0.6 is 11.6 Å². The van der Waals surface area contributed by atoms with Gasteiger partial charge in [0.1, 0.15) is 18.2 Å². The Kier molecular flexibility index (Phi) is 4.59. The molecule has 0 spiro atoms. The molecule has 0 saturated heterocycles. The van der Waals surface area contributed by atoms with Crippen LogP contribution < -0.4 is 10.1 Å². The quantitative estimate of drug-likeness (QED) is 0.784. The second kappa shape index (κ2) is 5.73. The molecular weight excluding hydrogens is 217 g/mol. The number of hydrogen-bond donors (Lipinski definition) is 1. The molecule has 0 heterocycles. The lowest BCUT2D eigenvalue weighted by atomic mass is 10.3. The fraction of sp³-hybridized carbons (Fsp3) is 0.273. The van der Waals surface area contributed by atoms with Crippen molar-refractivity contribution in [2.75, 3.05) is 20.2 Å². The van der Waals surface area contributed by atoms with Crippen molar-refractivity contribution in [1.29, 1.82) is 0 Å². The maximum Gasteiger partial charge on any atom is 0.145 e. The summed E-state index contributed by atoms with van der Waals surface area (Å²) in [6.07, 6.45) is 0. The molecule has 0 atom stereocenters. The molecule has 1 aromatic rings. The van der Waals surface area contributed by atoms with Crippen LogP contribution in [-0.2, 0) is 0 Å². The first kappa shape index (κ1) is 12.0. The molecule has 1 rings (SSSR count). The lowest BCUT2D eigenvalue weighted by molar-refractivity contribution is 0.347. The topological polar surface area (TPSA) is 21.3 Å². The van der Waals surface area contributed by atoms with Gasteiger partial charge in [0.05, 0.1) is 5.02 Å².